The van der Waals surface area contributed by atoms with Gasteiger partial charge in [-0.25, -0.2) is 0 Å². The zero-order valence-corrected chi connectivity index (χ0v) is 10.7. The predicted molar refractivity (Wildman–Crippen MR) is 70.9 cm³/mol. The number of aliphatic carboxylic acids is 1. The molecule has 1 aromatic rings. The third-order valence-corrected chi connectivity index (χ3v) is 4.77. The number of benzene rings is 1. The fourth-order valence-corrected chi connectivity index (χ4v) is 3.71. The minimum absolute atomic E-state index is 0.0471. The Hall–Kier alpha value is -1.31. The van der Waals surface area contributed by atoms with Crippen LogP contribution in [0.2, 0.25) is 0 Å². The summed E-state index contributed by atoms with van der Waals surface area (Å²) in [5.41, 5.74) is 4.25. The van der Waals surface area contributed by atoms with Gasteiger partial charge in [0.2, 0.25) is 0 Å². The molecule has 1 fully saturated rings. The van der Waals surface area contributed by atoms with E-state index in [-0.39, 0.29) is 5.41 Å². The van der Waals surface area contributed by atoms with Crippen molar-refractivity contribution in [3.05, 3.63) is 34.9 Å². The molecule has 0 heterocycles. The molecule has 0 aliphatic heterocycles. The molecular formula is C16H20O2. The Kier molecular flexibility index (Phi) is 2.89. The summed E-state index contributed by atoms with van der Waals surface area (Å²) >= 11 is 0. The van der Waals surface area contributed by atoms with Gasteiger partial charge in [-0.3, -0.25) is 4.79 Å². The highest BCUT2D eigenvalue weighted by molar-refractivity contribution is 5.69. The highest BCUT2D eigenvalue weighted by Crippen LogP contribution is 2.48. The van der Waals surface area contributed by atoms with Crippen LogP contribution in [0.5, 0.6) is 0 Å². The van der Waals surface area contributed by atoms with Gasteiger partial charge in [0.1, 0.15) is 0 Å². The molecule has 2 nitrogen and oxygen atoms in total. The Morgan fingerprint density at radius 1 is 1.17 bits per heavy atom. The lowest BCUT2D eigenvalue weighted by Gasteiger charge is -2.43. The van der Waals surface area contributed by atoms with Crippen LogP contribution in [0.15, 0.2) is 18.2 Å². The van der Waals surface area contributed by atoms with E-state index in [4.69, 9.17) is 0 Å². The van der Waals surface area contributed by atoms with Crippen molar-refractivity contribution in [2.45, 2.75) is 56.8 Å². The molecule has 0 spiro atoms. The molecule has 2 heteroatoms. The maximum atomic E-state index is 11.1. The van der Waals surface area contributed by atoms with Crippen molar-refractivity contribution in [1.29, 1.82) is 0 Å². The Bertz CT molecular complexity index is 472. The molecule has 0 aromatic heterocycles. The SMILES string of the molecule is O=C(O)CC1(c2cccc3c2CCCC3)CCC1. The van der Waals surface area contributed by atoms with Gasteiger partial charge >= 0.3 is 5.97 Å². The smallest absolute Gasteiger partial charge is 0.304 e. The Morgan fingerprint density at radius 2 is 1.94 bits per heavy atom. The van der Waals surface area contributed by atoms with Crippen LogP contribution >= 0.6 is 0 Å². The maximum absolute atomic E-state index is 11.1. The monoisotopic (exact) mass is 244 g/mol. The largest absolute Gasteiger partial charge is 0.481 e. The van der Waals surface area contributed by atoms with Crippen molar-refractivity contribution < 1.29 is 9.90 Å². The first-order valence-electron chi connectivity index (χ1n) is 7.04. The van der Waals surface area contributed by atoms with E-state index in [1.54, 1.807) is 0 Å². The zero-order valence-electron chi connectivity index (χ0n) is 10.7. The molecule has 0 saturated heterocycles. The molecule has 96 valence electrons. The van der Waals surface area contributed by atoms with Crippen molar-refractivity contribution in [2.24, 2.45) is 0 Å². The van der Waals surface area contributed by atoms with Gasteiger partial charge in [-0.15, -0.1) is 0 Å². The lowest BCUT2D eigenvalue weighted by molar-refractivity contribution is -0.139. The summed E-state index contributed by atoms with van der Waals surface area (Å²) in [5, 5.41) is 9.18. The molecule has 0 bridgehead atoms. The number of carboxylic acid groups (broad SMARTS) is 1. The summed E-state index contributed by atoms with van der Waals surface area (Å²) in [6, 6.07) is 6.54. The summed E-state index contributed by atoms with van der Waals surface area (Å²) in [6.45, 7) is 0. The lowest BCUT2D eigenvalue weighted by Crippen LogP contribution is -2.38. The molecule has 2 aliphatic carbocycles. The van der Waals surface area contributed by atoms with Gasteiger partial charge in [0, 0.05) is 5.41 Å². The topological polar surface area (TPSA) is 37.3 Å². The number of aryl methyl sites for hydroxylation is 1. The van der Waals surface area contributed by atoms with Crippen LogP contribution in [0.1, 0.15) is 55.2 Å². The minimum atomic E-state index is -0.650. The molecule has 0 unspecified atom stereocenters. The standard InChI is InChI=1S/C16H20O2/c17-15(18)11-16(9-4-10-16)14-8-3-6-12-5-1-2-7-13(12)14/h3,6,8H,1-2,4-5,7,9-11H2,(H,17,18). The number of hydrogen-bond acceptors (Lipinski definition) is 1. The van der Waals surface area contributed by atoms with Crippen LogP contribution in [0.4, 0.5) is 0 Å². The van der Waals surface area contributed by atoms with Crippen molar-refractivity contribution >= 4 is 5.97 Å². The highest BCUT2D eigenvalue weighted by Gasteiger charge is 2.42. The Labute approximate surface area is 108 Å². The second-order valence-corrected chi connectivity index (χ2v) is 5.85. The van der Waals surface area contributed by atoms with Crippen molar-refractivity contribution in [1.82, 2.24) is 0 Å². The van der Waals surface area contributed by atoms with Gasteiger partial charge in [0.25, 0.3) is 0 Å². The molecule has 18 heavy (non-hydrogen) atoms. The van der Waals surface area contributed by atoms with Crippen molar-refractivity contribution in [3.63, 3.8) is 0 Å². The molecule has 0 amide bonds. The van der Waals surface area contributed by atoms with E-state index in [1.807, 2.05) is 0 Å². The normalized spacial score (nSPS) is 20.9. The van der Waals surface area contributed by atoms with Gasteiger partial charge in [-0.2, -0.15) is 0 Å². The first kappa shape index (κ1) is 11.8. The number of fused-ring (bicyclic) bond motifs is 1. The molecule has 1 aromatic carbocycles. The van der Waals surface area contributed by atoms with Crippen LogP contribution in [0.25, 0.3) is 0 Å². The molecule has 0 atom stereocenters. The van der Waals surface area contributed by atoms with E-state index in [0.29, 0.717) is 6.42 Å². The van der Waals surface area contributed by atoms with E-state index >= 15 is 0 Å². The lowest BCUT2D eigenvalue weighted by atomic mass is 9.60. The van der Waals surface area contributed by atoms with Crippen LogP contribution < -0.4 is 0 Å². The van der Waals surface area contributed by atoms with Gasteiger partial charge in [-0.1, -0.05) is 24.6 Å². The average Bonchev–Trinajstić information content (AvgIpc) is 2.33. The first-order valence-corrected chi connectivity index (χ1v) is 7.04. The number of carboxylic acids is 1. The molecular weight excluding hydrogens is 224 g/mol. The fourth-order valence-electron chi connectivity index (χ4n) is 3.71. The van der Waals surface area contributed by atoms with Crippen molar-refractivity contribution in [3.8, 4) is 0 Å². The molecule has 2 aliphatic rings. The maximum Gasteiger partial charge on any atom is 0.304 e. The van der Waals surface area contributed by atoms with E-state index < -0.39 is 5.97 Å². The zero-order chi connectivity index (χ0) is 12.6. The second kappa shape index (κ2) is 4.42. The van der Waals surface area contributed by atoms with E-state index in [1.165, 1.54) is 42.4 Å². The number of hydrogen-bond donors (Lipinski definition) is 1. The van der Waals surface area contributed by atoms with Crippen LogP contribution in [0, 0.1) is 0 Å². The third kappa shape index (κ3) is 1.84. The van der Waals surface area contributed by atoms with Gasteiger partial charge < -0.3 is 5.11 Å². The predicted octanol–water partition coefficient (Wildman–Crippen LogP) is 3.46. The molecule has 0 radical (unpaired) electrons. The third-order valence-electron chi connectivity index (χ3n) is 4.77. The average molecular weight is 244 g/mol. The fraction of sp³-hybridized carbons (Fsp3) is 0.562. The summed E-state index contributed by atoms with van der Waals surface area (Å²) < 4.78 is 0. The minimum Gasteiger partial charge on any atom is -0.481 e. The van der Waals surface area contributed by atoms with E-state index in [9.17, 15) is 9.90 Å². The van der Waals surface area contributed by atoms with E-state index in [2.05, 4.69) is 18.2 Å². The van der Waals surface area contributed by atoms with Gasteiger partial charge in [0.15, 0.2) is 0 Å². The Balaban J connectivity index is 2.02. The summed E-state index contributed by atoms with van der Waals surface area (Å²) in [6.07, 6.45) is 8.45. The van der Waals surface area contributed by atoms with Crippen LogP contribution in [0.3, 0.4) is 0 Å². The molecule has 1 saturated carbocycles. The van der Waals surface area contributed by atoms with Crippen molar-refractivity contribution in [2.75, 3.05) is 0 Å². The quantitative estimate of drug-likeness (QED) is 0.884. The van der Waals surface area contributed by atoms with Gasteiger partial charge in [0.05, 0.1) is 6.42 Å². The van der Waals surface area contributed by atoms with E-state index in [0.717, 1.165) is 19.3 Å². The molecule has 1 N–H and O–H groups in total. The summed E-state index contributed by atoms with van der Waals surface area (Å²) in [4.78, 5) is 11.1. The van der Waals surface area contributed by atoms with Crippen LogP contribution in [-0.4, -0.2) is 11.1 Å². The second-order valence-electron chi connectivity index (χ2n) is 5.85. The first-order chi connectivity index (χ1) is 8.71. The van der Waals surface area contributed by atoms with Crippen LogP contribution in [-0.2, 0) is 23.1 Å². The number of carbonyl (C=O) groups is 1. The summed E-state index contributed by atoms with van der Waals surface area (Å²) in [7, 11) is 0. The van der Waals surface area contributed by atoms with Gasteiger partial charge in [-0.05, 0) is 55.2 Å². The number of rotatable bonds is 3. The highest BCUT2D eigenvalue weighted by atomic mass is 16.4. The summed E-state index contributed by atoms with van der Waals surface area (Å²) in [5.74, 6) is -0.650. The molecule has 3 rings (SSSR count). The Morgan fingerprint density at radius 3 is 2.61 bits per heavy atom.